The van der Waals surface area contributed by atoms with Gasteiger partial charge in [-0.3, -0.25) is 4.90 Å². The zero-order chi connectivity index (χ0) is 11.2. The van der Waals surface area contributed by atoms with Crippen LogP contribution in [0.2, 0.25) is 0 Å². The lowest BCUT2D eigenvalue weighted by Crippen LogP contribution is -2.43. The third kappa shape index (κ3) is 3.72. The summed E-state index contributed by atoms with van der Waals surface area (Å²) in [6, 6.07) is 0.712. The summed E-state index contributed by atoms with van der Waals surface area (Å²) in [5, 5.41) is 3.69. The Morgan fingerprint density at radius 2 is 1.94 bits per heavy atom. The molecule has 0 aromatic rings. The van der Waals surface area contributed by atoms with Crippen LogP contribution in [-0.4, -0.2) is 50.3 Å². The molecule has 1 N–H and O–H groups in total. The molecule has 3 nitrogen and oxygen atoms in total. The van der Waals surface area contributed by atoms with E-state index in [-0.39, 0.29) is 0 Å². The van der Waals surface area contributed by atoms with Crippen LogP contribution in [0.25, 0.3) is 0 Å². The van der Waals surface area contributed by atoms with E-state index in [0.717, 1.165) is 38.8 Å². The van der Waals surface area contributed by atoms with Crippen molar-refractivity contribution in [3.8, 4) is 0 Å². The summed E-state index contributed by atoms with van der Waals surface area (Å²) in [4.78, 5) is 2.50. The Kier molecular flexibility index (Phi) is 5.07. The Hall–Kier alpha value is -0.120. The highest BCUT2D eigenvalue weighted by Crippen LogP contribution is 2.27. The van der Waals surface area contributed by atoms with Crippen molar-refractivity contribution in [2.75, 3.05) is 39.4 Å². The van der Waals surface area contributed by atoms with Gasteiger partial charge in [0, 0.05) is 32.2 Å². The molecule has 0 bridgehead atoms. The highest BCUT2D eigenvalue weighted by Gasteiger charge is 2.21. The van der Waals surface area contributed by atoms with E-state index in [2.05, 4.69) is 17.1 Å². The molecular formula is C13H26N2O. The second-order valence-corrected chi connectivity index (χ2v) is 5.24. The lowest BCUT2D eigenvalue weighted by atomic mass is 10.00. The molecule has 0 aromatic heterocycles. The van der Waals surface area contributed by atoms with Crippen LogP contribution >= 0.6 is 0 Å². The van der Waals surface area contributed by atoms with Gasteiger partial charge < -0.3 is 10.1 Å². The van der Waals surface area contributed by atoms with E-state index in [0.29, 0.717) is 6.04 Å². The maximum absolute atomic E-state index is 5.35. The first-order valence-electron chi connectivity index (χ1n) is 6.90. The third-order valence-corrected chi connectivity index (χ3v) is 4.10. The van der Waals surface area contributed by atoms with Gasteiger partial charge in [-0.25, -0.2) is 0 Å². The maximum Gasteiger partial charge on any atom is 0.0594 e. The molecule has 1 saturated carbocycles. The molecule has 2 fully saturated rings. The monoisotopic (exact) mass is 226 g/mol. The molecule has 94 valence electrons. The van der Waals surface area contributed by atoms with Gasteiger partial charge in [-0.05, 0) is 25.7 Å². The lowest BCUT2D eigenvalue weighted by molar-refractivity contribution is 0.0380. The number of ether oxygens (including phenoxy) is 1. The van der Waals surface area contributed by atoms with Gasteiger partial charge in [-0.15, -0.1) is 0 Å². The van der Waals surface area contributed by atoms with Gasteiger partial charge in [0.2, 0.25) is 0 Å². The fourth-order valence-corrected chi connectivity index (χ4v) is 2.90. The van der Waals surface area contributed by atoms with Crippen LogP contribution in [0, 0.1) is 5.92 Å². The predicted molar refractivity (Wildman–Crippen MR) is 66.7 cm³/mol. The van der Waals surface area contributed by atoms with Gasteiger partial charge >= 0.3 is 0 Å². The molecule has 16 heavy (non-hydrogen) atoms. The molecule has 0 amide bonds. The number of nitrogens with zero attached hydrogens (tertiary/aromatic N) is 1. The van der Waals surface area contributed by atoms with Gasteiger partial charge in [0.1, 0.15) is 0 Å². The first-order valence-corrected chi connectivity index (χ1v) is 6.90. The first kappa shape index (κ1) is 12.3. The van der Waals surface area contributed by atoms with E-state index >= 15 is 0 Å². The van der Waals surface area contributed by atoms with Crippen LogP contribution in [0.5, 0.6) is 0 Å². The van der Waals surface area contributed by atoms with Gasteiger partial charge in [-0.1, -0.05) is 12.8 Å². The van der Waals surface area contributed by atoms with Crippen molar-refractivity contribution in [3.63, 3.8) is 0 Å². The third-order valence-electron chi connectivity index (χ3n) is 4.10. The van der Waals surface area contributed by atoms with Crippen LogP contribution < -0.4 is 5.32 Å². The van der Waals surface area contributed by atoms with Crippen molar-refractivity contribution in [3.05, 3.63) is 0 Å². The van der Waals surface area contributed by atoms with Crippen LogP contribution in [0.15, 0.2) is 0 Å². The zero-order valence-electron chi connectivity index (χ0n) is 10.6. The summed E-state index contributed by atoms with van der Waals surface area (Å²) in [5.74, 6) is 0.935. The maximum atomic E-state index is 5.35. The number of morpholine rings is 1. The van der Waals surface area contributed by atoms with Crippen molar-refractivity contribution < 1.29 is 4.74 Å². The second-order valence-electron chi connectivity index (χ2n) is 5.24. The van der Waals surface area contributed by atoms with E-state index in [4.69, 9.17) is 4.74 Å². The van der Waals surface area contributed by atoms with Crippen molar-refractivity contribution in [2.45, 2.75) is 38.6 Å². The SMILES string of the molecule is CC(NCCN1CCOCC1)C1CCCC1. The highest BCUT2D eigenvalue weighted by atomic mass is 16.5. The van der Waals surface area contributed by atoms with Gasteiger partial charge in [0.05, 0.1) is 13.2 Å². The second kappa shape index (κ2) is 6.58. The van der Waals surface area contributed by atoms with Crippen molar-refractivity contribution in [2.24, 2.45) is 5.92 Å². The van der Waals surface area contributed by atoms with Gasteiger partial charge in [0.25, 0.3) is 0 Å². The summed E-state index contributed by atoms with van der Waals surface area (Å²) in [7, 11) is 0. The number of nitrogens with one attached hydrogen (secondary N) is 1. The molecule has 2 rings (SSSR count). The van der Waals surface area contributed by atoms with Crippen molar-refractivity contribution in [1.29, 1.82) is 0 Å². The standard InChI is InChI=1S/C13H26N2O/c1-12(13-4-2-3-5-13)14-6-7-15-8-10-16-11-9-15/h12-14H,2-11H2,1H3. The zero-order valence-corrected chi connectivity index (χ0v) is 10.6. The molecule has 1 atom stereocenters. The molecule has 1 unspecified atom stereocenters. The van der Waals surface area contributed by atoms with Crippen LogP contribution in [0.1, 0.15) is 32.6 Å². The quantitative estimate of drug-likeness (QED) is 0.768. The first-order chi connectivity index (χ1) is 7.86. The van der Waals surface area contributed by atoms with Crippen LogP contribution in [0.3, 0.4) is 0 Å². The minimum absolute atomic E-state index is 0.712. The summed E-state index contributed by atoms with van der Waals surface area (Å²) in [5.41, 5.74) is 0. The molecule has 1 saturated heterocycles. The summed E-state index contributed by atoms with van der Waals surface area (Å²) in [6.07, 6.45) is 5.76. The summed E-state index contributed by atoms with van der Waals surface area (Å²) in [6.45, 7) is 8.72. The summed E-state index contributed by atoms with van der Waals surface area (Å²) < 4.78 is 5.35. The molecule has 0 radical (unpaired) electrons. The van der Waals surface area contributed by atoms with E-state index in [9.17, 15) is 0 Å². The smallest absolute Gasteiger partial charge is 0.0594 e. The number of hydrogen-bond acceptors (Lipinski definition) is 3. The van der Waals surface area contributed by atoms with Crippen LogP contribution in [0.4, 0.5) is 0 Å². The minimum Gasteiger partial charge on any atom is -0.379 e. The Bertz CT molecular complexity index is 186. The lowest BCUT2D eigenvalue weighted by Gasteiger charge is -2.28. The number of hydrogen-bond donors (Lipinski definition) is 1. The molecule has 1 aliphatic carbocycles. The highest BCUT2D eigenvalue weighted by molar-refractivity contribution is 4.77. The molecule has 1 heterocycles. The van der Waals surface area contributed by atoms with Crippen molar-refractivity contribution >= 4 is 0 Å². The average molecular weight is 226 g/mol. The Morgan fingerprint density at radius 3 is 2.62 bits per heavy atom. The molecule has 3 heteroatoms. The largest absolute Gasteiger partial charge is 0.379 e. The Morgan fingerprint density at radius 1 is 1.25 bits per heavy atom. The topological polar surface area (TPSA) is 24.5 Å². The number of rotatable bonds is 5. The average Bonchev–Trinajstić information content (AvgIpc) is 2.84. The van der Waals surface area contributed by atoms with E-state index in [1.165, 1.54) is 32.2 Å². The van der Waals surface area contributed by atoms with Crippen LogP contribution in [-0.2, 0) is 4.74 Å². The van der Waals surface area contributed by atoms with E-state index in [1.807, 2.05) is 0 Å². The molecule has 1 aliphatic heterocycles. The fourth-order valence-electron chi connectivity index (χ4n) is 2.90. The van der Waals surface area contributed by atoms with E-state index in [1.54, 1.807) is 0 Å². The Labute approximate surface area is 99.5 Å². The normalized spacial score (nSPS) is 26.1. The van der Waals surface area contributed by atoms with Crippen molar-refractivity contribution in [1.82, 2.24) is 10.2 Å². The molecule has 2 aliphatic rings. The fraction of sp³-hybridized carbons (Fsp3) is 1.00. The van der Waals surface area contributed by atoms with Gasteiger partial charge in [-0.2, -0.15) is 0 Å². The summed E-state index contributed by atoms with van der Waals surface area (Å²) >= 11 is 0. The molecule has 0 spiro atoms. The molecule has 0 aromatic carbocycles. The predicted octanol–water partition coefficient (Wildman–Crippen LogP) is 1.49. The minimum atomic E-state index is 0.712. The van der Waals surface area contributed by atoms with Gasteiger partial charge in [0.15, 0.2) is 0 Å². The Balaban J connectivity index is 1.56. The molecular weight excluding hydrogens is 200 g/mol. The van der Waals surface area contributed by atoms with E-state index < -0.39 is 0 Å².